The summed E-state index contributed by atoms with van der Waals surface area (Å²) in [5.41, 5.74) is 1.07. The van der Waals surface area contributed by atoms with Crippen LogP contribution in [0.4, 0.5) is 0 Å². The first-order valence-electron chi connectivity index (χ1n) is 7.80. The molecule has 23 heavy (non-hydrogen) atoms. The Labute approximate surface area is 141 Å². The summed E-state index contributed by atoms with van der Waals surface area (Å²) in [6.07, 6.45) is 0. The quantitative estimate of drug-likeness (QED) is 0.619. The Morgan fingerprint density at radius 3 is 2.70 bits per heavy atom. The first-order chi connectivity index (χ1) is 11.1. The molecule has 1 heterocycles. The van der Waals surface area contributed by atoms with Crippen molar-refractivity contribution in [2.45, 2.75) is 13.5 Å². The van der Waals surface area contributed by atoms with Crippen LogP contribution in [0.1, 0.15) is 12.5 Å². The Morgan fingerprint density at radius 1 is 1.35 bits per heavy atom. The molecule has 1 aromatic carbocycles. The molecule has 0 bridgehead atoms. The molecule has 7 heteroatoms. The lowest BCUT2D eigenvalue weighted by molar-refractivity contribution is -0.135. The maximum atomic E-state index is 12.4. The van der Waals surface area contributed by atoms with Crippen molar-refractivity contribution < 1.29 is 9.90 Å². The second-order valence-corrected chi connectivity index (χ2v) is 5.76. The monoisotopic (exact) mass is 338 g/mol. The molecule has 2 rings (SSSR count). The molecule has 2 N–H and O–H groups in total. The Hall–Kier alpha value is -1.79. The number of hydrogen-bond acceptors (Lipinski definition) is 3. The number of nitrogens with one attached hydrogen (secondary N) is 1. The smallest absolute Gasteiger partial charge is 0.242 e. The van der Waals surface area contributed by atoms with Crippen LogP contribution in [-0.4, -0.2) is 66.1 Å². The van der Waals surface area contributed by atoms with Gasteiger partial charge in [0, 0.05) is 31.2 Å². The van der Waals surface area contributed by atoms with E-state index in [0.717, 1.165) is 18.7 Å². The summed E-state index contributed by atoms with van der Waals surface area (Å²) < 4.78 is 0. The van der Waals surface area contributed by atoms with Gasteiger partial charge in [-0.25, -0.2) is 0 Å². The van der Waals surface area contributed by atoms with Crippen molar-refractivity contribution in [3.05, 3.63) is 34.9 Å². The second-order valence-electron chi connectivity index (χ2n) is 5.32. The van der Waals surface area contributed by atoms with Gasteiger partial charge in [-0.05, 0) is 24.6 Å². The summed E-state index contributed by atoms with van der Waals surface area (Å²) in [4.78, 5) is 20.5. The van der Waals surface area contributed by atoms with E-state index < -0.39 is 0 Å². The maximum Gasteiger partial charge on any atom is 0.242 e. The van der Waals surface area contributed by atoms with Crippen LogP contribution in [0, 0.1) is 0 Å². The number of aliphatic hydroxyl groups is 1. The number of benzene rings is 1. The van der Waals surface area contributed by atoms with Crippen LogP contribution >= 0.6 is 11.6 Å². The van der Waals surface area contributed by atoms with Crippen molar-refractivity contribution in [3.63, 3.8) is 0 Å². The van der Waals surface area contributed by atoms with Gasteiger partial charge < -0.3 is 20.2 Å². The lowest BCUT2D eigenvalue weighted by Crippen LogP contribution is -2.55. The third kappa shape index (κ3) is 5.11. The van der Waals surface area contributed by atoms with Crippen LogP contribution in [-0.2, 0) is 11.3 Å². The number of amides is 1. The number of piperazine rings is 1. The molecule has 6 nitrogen and oxygen atoms in total. The van der Waals surface area contributed by atoms with Gasteiger partial charge in [0.15, 0.2) is 5.96 Å². The van der Waals surface area contributed by atoms with Gasteiger partial charge in [0.2, 0.25) is 5.91 Å². The van der Waals surface area contributed by atoms with Crippen molar-refractivity contribution in [2.24, 2.45) is 4.99 Å². The predicted molar refractivity (Wildman–Crippen MR) is 91.5 cm³/mol. The van der Waals surface area contributed by atoms with Gasteiger partial charge in [0.05, 0.1) is 19.7 Å². The van der Waals surface area contributed by atoms with Gasteiger partial charge in [0.1, 0.15) is 0 Å². The van der Waals surface area contributed by atoms with Crippen molar-refractivity contribution >= 4 is 23.5 Å². The van der Waals surface area contributed by atoms with E-state index in [1.807, 2.05) is 41.0 Å². The number of halogens is 1. The van der Waals surface area contributed by atoms with Gasteiger partial charge >= 0.3 is 0 Å². The highest BCUT2D eigenvalue weighted by atomic mass is 35.5. The summed E-state index contributed by atoms with van der Waals surface area (Å²) in [6.45, 7) is 5.29. The van der Waals surface area contributed by atoms with Gasteiger partial charge in [0.25, 0.3) is 0 Å². The molecule has 1 saturated heterocycles. The Balaban J connectivity index is 1.95. The fourth-order valence-corrected chi connectivity index (χ4v) is 2.57. The topological polar surface area (TPSA) is 68.2 Å². The molecule has 126 valence electrons. The number of rotatable bonds is 5. The van der Waals surface area contributed by atoms with E-state index in [4.69, 9.17) is 16.7 Å². The van der Waals surface area contributed by atoms with E-state index in [1.54, 1.807) is 0 Å². The summed E-state index contributed by atoms with van der Waals surface area (Å²) in [5.74, 6) is 0.752. The Bertz CT molecular complexity index is 548. The SMILES string of the molecule is CCNC(=NCCO)N1CCN(Cc2ccc(Cl)cc2)C(=O)C1. The minimum absolute atomic E-state index is 0.000623. The predicted octanol–water partition coefficient (Wildman–Crippen LogP) is 0.942. The van der Waals surface area contributed by atoms with Crippen molar-refractivity contribution in [2.75, 3.05) is 39.3 Å². The zero-order chi connectivity index (χ0) is 16.7. The highest BCUT2D eigenvalue weighted by molar-refractivity contribution is 6.30. The molecule has 0 aromatic heterocycles. The molecule has 0 unspecified atom stereocenters. The van der Waals surface area contributed by atoms with Gasteiger partial charge in [-0.3, -0.25) is 9.79 Å². The van der Waals surface area contributed by atoms with Crippen molar-refractivity contribution in [1.29, 1.82) is 0 Å². The Morgan fingerprint density at radius 2 is 2.09 bits per heavy atom. The summed E-state index contributed by atoms with van der Waals surface area (Å²) in [7, 11) is 0. The third-order valence-electron chi connectivity index (χ3n) is 3.60. The summed E-state index contributed by atoms with van der Waals surface area (Å²) >= 11 is 5.88. The maximum absolute atomic E-state index is 12.4. The highest BCUT2D eigenvalue weighted by Gasteiger charge is 2.25. The average Bonchev–Trinajstić information content (AvgIpc) is 2.55. The summed E-state index contributed by atoms with van der Waals surface area (Å²) in [6, 6.07) is 7.55. The second kappa shape index (κ2) is 8.74. The van der Waals surface area contributed by atoms with E-state index in [-0.39, 0.29) is 12.5 Å². The first kappa shape index (κ1) is 17.6. The number of guanidine groups is 1. The standard InChI is InChI=1S/C16H23ClN4O2/c1-2-18-16(19-7-10-22)21-9-8-20(15(23)12-21)11-13-3-5-14(17)6-4-13/h3-6,22H,2,7-12H2,1H3,(H,18,19). The van der Waals surface area contributed by atoms with E-state index in [9.17, 15) is 4.79 Å². The minimum atomic E-state index is -0.000623. The number of carbonyl (C=O) groups excluding carboxylic acids is 1. The van der Waals surface area contributed by atoms with E-state index in [1.165, 1.54) is 0 Å². The van der Waals surface area contributed by atoms with Gasteiger partial charge in [-0.15, -0.1) is 0 Å². The molecule has 0 aliphatic carbocycles. The lowest BCUT2D eigenvalue weighted by Gasteiger charge is -2.36. The fraction of sp³-hybridized carbons (Fsp3) is 0.500. The molecule has 0 spiro atoms. The van der Waals surface area contributed by atoms with Gasteiger partial charge in [-0.2, -0.15) is 0 Å². The molecule has 1 aliphatic rings. The van der Waals surface area contributed by atoms with E-state index >= 15 is 0 Å². The number of nitrogens with zero attached hydrogens (tertiary/aromatic N) is 3. The summed E-state index contributed by atoms with van der Waals surface area (Å²) in [5, 5.41) is 12.8. The zero-order valence-electron chi connectivity index (χ0n) is 13.3. The third-order valence-corrected chi connectivity index (χ3v) is 3.85. The minimum Gasteiger partial charge on any atom is -0.394 e. The first-order valence-corrected chi connectivity index (χ1v) is 8.18. The largest absolute Gasteiger partial charge is 0.394 e. The van der Waals surface area contributed by atoms with Crippen LogP contribution in [0.2, 0.25) is 5.02 Å². The Kier molecular flexibility index (Phi) is 6.67. The molecule has 0 atom stereocenters. The van der Waals surface area contributed by atoms with Crippen LogP contribution in [0.25, 0.3) is 0 Å². The van der Waals surface area contributed by atoms with Crippen LogP contribution in [0.5, 0.6) is 0 Å². The zero-order valence-corrected chi connectivity index (χ0v) is 14.1. The molecule has 1 aromatic rings. The van der Waals surface area contributed by atoms with Crippen LogP contribution in [0.3, 0.4) is 0 Å². The molecule has 1 aliphatic heterocycles. The molecular formula is C16H23ClN4O2. The van der Waals surface area contributed by atoms with Gasteiger partial charge in [-0.1, -0.05) is 23.7 Å². The molecule has 0 saturated carbocycles. The number of aliphatic hydroxyl groups excluding tert-OH is 1. The number of hydrogen-bond donors (Lipinski definition) is 2. The fourth-order valence-electron chi connectivity index (χ4n) is 2.45. The van der Waals surface area contributed by atoms with E-state index in [2.05, 4.69) is 10.3 Å². The lowest BCUT2D eigenvalue weighted by atomic mass is 10.2. The average molecular weight is 339 g/mol. The van der Waals surface area contributed by atoms with Crippen molar-refractivity contribution in [1.82, 2.24) is 15.1 Å². The number of carbonyl (C=O) groups is 1. The van der Waals surface area contributed by atoms with Crippen LogP contribution in [0.15, 0.2) is 29.3 Å². The number of aliphatic imine (C=N–C) groups is 1. The van der Waals surface area contributed by atoms with E-state index in [0.29, 0.717) is 37.2 Å². The van der Waals surface area contributed by atoms with Crippen molar-refractivity contribution in [3.8, 4) is 0 Å². The molecule has 0 radical (unpaired) electrons. The molecule has 1 fully saturated rings. The molecular weight excluding hydrogens is 316 g/mol. The van der Waals surface area contributed by atoms with Crippen LogP contribution < -0.4 is 5.32 Å². The molecule has 1 amide bonds. The highest BCUT2D eigenvalue weighted by Crippen LogP contribution is 2.13. The normalized spacial score (nSPS) is 16.0.